The predicted molar refractivity (Wildman–Crippen MR) is 103 cm³/mol. The van der Waals surface area contributed by atoms with Crippen LogP contribution in [-0.4, -0.2) is 11.0 Å². The van der Waals surface area contributed by atoms with E-state index in [0.717, 1.165) is 22.2 Å². The zero-order valence-electron chi connectivity index (χ0n) is 14.1. The first-order valence-electron chi connectivity index (χ1n) is 8.30. The lowest BCUT2D eigenvalue weighted by atomic mass is 10.1. The molecule has 0 radical (unpaired) electrons. The number of halogens is 2. The van der Waals surface area contributed by atoms with Crippen molar-refractivity contribution in [3.63, 3.8) is 0 Å². The Kier molecular flexibility index (Phi) is 4.30. The van der Waals surface area contributed by atoms with E-state index in [1.165, 1.54) is 24.3 Å². The van der Waals surface area contributed by atoms with E-state index in [-0.39, 0.29) is 11.5 Å². The van der Waals surface area contributed by atoms with E-state index >= 15 is 0 Å². The second kappa shape index (κ2) is 6.92. The lowest BCUT2D eigenvalue weighted by molar-refractivity contribution is 0.262. The molecule has 4 nitrogen and oxygen atoms in total. The summed E-state index contributed by atoms with van der Waals surface area (Å²) in [5.74, 6) is -0.806. The van der Waals surface area contributed by atoms with E-state index in [9.17, 15) is 13.6 Å². The normalized spacial score (nSPS) is 10.7. The van der Waals surface area contributed by atoms with Crippen LogP contribution in [0.1, 0.15) is 0 Å². The van der Waals surface area contributed by atoms with Crippen LogP contribution in [0.3, 0.4) is 0 Å². The van der Waals surface area contributed by atoms with E-state index < -0.39 is 11.8 Å². The molecule has 0 saturated carbocycles. The molecular weight excluding hydrogens is 348 g/mol. The van der Waals surface area contributed by atoms with Gasteiger partial charge in [0.25, 0.3) is 0 Å². The van der Waals surface area contributed by atoms with Crippen molar-refractivity contribution in [1.29, 1.82) is 0 Å². The van der Waals surface area contributed by atoms with E-state index in [2.05, 4.69) is 15.6 Å². The first-order chi connectivity index (χ1) is 13.1. The highest BCUT2D eigenvalue weighted by Gasteiger charge is 2.08. The van der Waals surface area contributed by atoms with Gasteiger partial charge in [0, 0.05) is 27.8 Å². The molecule has 0 spiro atoms. The molecule has 3 N–H and O–H groups in total. The topological polar surface area (TPSA) is 56.9 Å². The summed E-state index contributed by atoms with van der Waals surface area (Å²) >= 11 is 0. The van der Waals surface area contributed by atoms with Gasteiger partial charge < -0.3 is 15.6 Å². The van der Waals surface area contributed by atoms with Gasteiger partial charge in [-0.1, -0.05) is 24.3 Å². The molecule has 0 atom stereocenters. The zero-order valence-corrected chi connectivity index (χ0v) is 14.1. The predicted octanol–water partition coefficient (Wildman–Crippen LogP) is 5.76. The van der Waals surface area contributed by atoms with Crippen LogP contribution < -0.4 is 10.6 Å². The molecule has 0 aliphatic rings. The van der Waals surface area contributed by atoms with Crippen LogP contribution in [-0.2, 0) is 0 Å². The molecule has 0 fully saturated rings. The van der Waals surface area contributed by atoms with Crippen LogP contribution in [0.15, 0.2) is 72.8 Å². The molecule has 0 unspecified atom stereocenters. The summed E-state index contributed by atoms with van der Waals surface area (Å²) in [7, 11) is 0. The van der Waals surface area contributed by atoms with Crippen LogP contribution >= 0.6 is 0 Å². The fraction of sp³-hybridized carbons (Fsp3) is 0. The Morgan fingerprint density at radius 1 is 0.852 bits per heavy atom. The quantitative estimate of drug-likeness (QED) is 0.426. The third-order valence-corrected chi connectivity index (χ3v) is 4.14. The lowest BCUT2D eigenvalue weighted by Crippen LogP contribution is -2.20. The van der Waals surface area contributed by atoms with Gasteiger partial charge in [-0.25, -0.2) is 13.6 Å². The number of hydrogen-bond acceptors (Lipinski definition) is 1. The van der Waals surface area contributed by atoms with Crippen LogP contribution in [0.5, 0.6) is 0 Å². The Morgan fingerprint density at radius 3 is 2.56 bits per heavy atom. The molecule has 1 heterocycles. The number of nitrogens with one attached hydrogen (secondary N) is 3. The summed E-state index contributed by atoms with van der Waals surface area (Å²) < 4.78 is 27.0. The summed E-state index contributed by atoms with van der Waals surface area (Å²) in [5, 5.41) is 5.92. The summed E-state index contributed by atoms with van der Waals surface area (Å²) in [4.78, 5) is 15.3. The van der Waals surface area contributed by atoms with Gasteiger partial charge in [0.05, 0.1) is 5.69 Å². The Labute approximate surface area is 153 Å². The number of carbonyl (C=O) groups excluding carboxylic acids is 1. The Hall–Kier alpha value is -3.67. The van der Waals surface area contributed by atoms with Crippen molar-refractivity contribution >= 4 is 28.3 Å². The molecule has 3 aromatic carbocycles. The molecular formula is C21H15F2N3O. The number of urea groups is 1. The third-order valence-electron chi connectivity index (χ3n) is 4.14. The molecule has 0 aliphatic heterocycles. The maximum atomic E-state index is 13.6. The maximum absolute atomic E-state index is 13.6. The summed E-state index contributed by atoms with van der Waals surface area (Å²) in [6.45, 7) is 0. The number of benzene rings is 3. The molecule has 0 saturated heterocycles. The average Bonchev–Trinajstić information content (AvgIpc) is 3.07. The van der Waals surface area contributed by atoms with Crippen molar-refractivity contribution in [2.75, 3.05) is 10.6 Å². The summed E-state index contributed by atoms with van der Waals surface area (Å²) in [6, 6.07) is 18.9. The fourth-order valence-corrected chi connectivity index (χ4v) is 2.87. The first kappa shape index (κ1) is 16.8. The summed E-state index contributed by atoms with van der Waals surface area (Å²) in [5.41, 5.74) is 3.10. The smallest absolute Gasteiger partial charge is 0.323 e. The number of carbonyl (C=O) groups is 1. The molecule has 1 aromatic heterocycles. The Bertz CT molecular complexity index is 1140. The highest BCUT2D eigenvalue weighted by atomic mass is 19.1. The van der Waals surface area contributed by atoms with Gasteiger partial charge in [0.15, 0.2) is 0 Å². The Balaban J connectivity index is 1.55. The van der Waals surface area contributed by atoms with Crippen molar-refractivity contribution in [2.24, 2.45) is 0 Å². The number of hydrogen-bond donors (Lipinski definition) is 3. The maximum Gasteiger partial charge on any atom is 0.323 e. The SMILES string of the molecule is O=C(Nc1cccc(-c2cc3cc(F)ccc3[nH]2)c1)Nc1ccccc1F. The van der Waals surface area contributed by atoms with Crippen LogP contribution in [0.2, 0.25) is 0 Å². The number of para-hydroxylation sites is 1. The average molecular weight is 363 g/mol. The first-order valence-corrected chi connectivity index (χ1v) is 8.30. The standard InChI is InChI=1S/C21H15F2N3O/c22-15-8-9-18-14(10-15)12-20(25-18)13-4-3-5-16(11-13)24-21(27)26-19-7-2-1-6-17(19)23/h1-12,25H,(H2,24,26,27). The summed E-state index contributed by atoms with van der Waals surface area (Å²) in [6.07, 6.45) is 0. The minimum Gasteiger partial charge on any atom is -0.355 e. The van der Waals surface area contributed by atoms with E-state index in [0.29, 0.717) is 5.69 Å². The second-order valence-corrected chi connectivity index (χ2v) is 6.05. The van der Waals surface area contributed by atoms with Gasteiger partial charge in [-0.05, 0) is 48.5 Å². The number of H-pyrrole nitrogens is 1. The van der Waals surface area contributed by atoms with E-state index in [1.54, 1.807) is 36.4 Å². The van der Waals surface area contributed by atoms with Gasteiger partial charge in [-0.15, -0.1) is 0 Å². The molecule has 134 valence electrons. The second-order valence-electron chi connectivity index (χ2n) is 6.05. The molecule has 27 heavy (non-hydrogen) atoms. The van der Waals surface area contributed by atoms with Crippen molar-refractivity contribution in [2.45, 2.75) is 0 Å². The lowest BCUT2D eigenvalue weighted by Gasteiger charge is -2.09. The largest absolute Gasteiger partial charge is 0.355 e. The Morgan fingerprint density at radius 2 is 1.70 bits per heavy atom. The van der Waals surface area contributed by atoms with Crippen LogP contribution in [0, 0.1) is 11.6 Å². The molecule has 6 heteroatoms. The monoisotopic (exact) mass is 363 g/mol. The highest BCUT2D eigenvalue weighted by molar-refractivity contribution is 6.00. The molecule has 4 rings (SSSR count). The third kappa shape index (κ3) is 3.64. The van der Waals surface area contributed by atoms with Crippen LogP contribution in [0.25, 0.3) is 22.2 Å². The zero-order chi connectivity index (χ0) is 18.8. The number of aromatic amines is 1. The van der Waals surface area contributed by atoms with Crippen molar-refractivity contribution < 1.29 is 13.6 Å². The molecule has 4 aromatic rings. The van der Waals surface area contributed by atoms with Crippen molar-refractivity contribution in [3.05, 3.63) is 84.4 Å². The number of rotatable bonds is 3. The van der Waals surface area contributed by atoms with Gasteiger partial charge in [-0.3, -0.25) is 0 Å². The molecule has 0 aliphatic carbocycles. The van der Waals surface area contributed by atoms with E-state index in [1.807, 2.05) is 12.1 Å². The number of fused-ring (bicyclic) bond motifs is 1. The number of anilines is 2. The minimum absolute atomic E-state index is 0.101. The van der Waals surface area contributed by atoms with Gasteiger partial charge in [0.2, 0.25) is 0 Å². The van der Waals surface area contributed by atoms with Gasteiger partial charge in [0.1, 0.15) is 11.6 Å². The minimum atomic E-state index is -0.545. The molecule has 2 amide bonds. The number of amides is 2. The molecule has 0 bridgehead atoms. The highest BCUT2D eigenvalue weighted by Crippen LogP contribution is 2.26. The van der Waals surface area contributed by atoms with E-state index in [4.69, 9.17) is 0 Å². The van der Waals surface area contributed by atoms with Crippen LogP contribution in [0.4, 0.5) is 25.0 Å². The number of aromatic nitrogens is 1. The van der Waals surface area contributed by atoms with Crippen molar-refractivity contribution in [1.82, 2.24) is 4.98 Å². The van der Waals surface area contributed by atoms with Gasteiger partial charge >= 0.3 is 6.03 Å². The van der Waals surface area contributed by atoms with Crippen molar-refractivity contribution in [3.8, 4) is 11.3 Å². The van der Waals surface area contributed by atoms with Gasteiger partial charge in [-0.2, -0.15) is 0 Å². The fourth-order valence-electron chi connectivity index (χ4n) is 2.87.